The number of Topliss-reactive ketones (excluding diaryl/α,β-unsaturated/α-hetero) is 1. The van der Waals surface area contributed by atoms with Crippen LogP contribution in [0.25, 0.3) is 0 Å². The lowest BCUT2D eigenvalue weighted by atomic mass is 9.92. The summed E-state index contributed by atoms with van der Waals surface area (Å²) in [6, 6.07) is 7.02. The average molecular weight is 367 g/mol. The van der Waals surface area contributed by atoms with Gasteiger partial charge >= 0.3 is 0 Å². The number of hydrogen-bond acceptors (Lipinski definition) is 4. The standard InChI is InChI=1S/C19H26N2O3.ClH/c1-13(22)15-4-3-5-18(10-15)24-14(2)19(23)21-8-6-16-11-20-12-17(16)7-9-21;/h3-5,10,14,16-17,20H,6-9,11-12H2,1-2H3;1H/t14?,16-,17+;. The maximum atomic E-state index is 12.7. The number of carbonyl (C=O) groups excluding carboxylic acids is 2. The molecule has 138 valence electrons. The van der Waals surface area contributed by atoms with Crippen LogP contribution in [0.4, 0.5) is 0 Å². The van der Waals surface area contributed by atoms with Crippen molar-refractivity contribution >= 4 is 24.1 Å². The number of carbonyl (C=O) groups is 2. The zero-order valence-electron chi connectivity index (χ0n) is 14.9. The van der Waals surface area contributed by atoms with E-state index in [2.05, 4.69) is 5.32 Å². The molecule has 6 heteroatoms. The van der Waals surface area contributed by atoms with Crippen molar-refractivity contribution < 1.29 is 14.3 Å². The molecule has 25 heavy (non-hydrogen) atoms. The molecule has 1 aromatic carbocycles. The van der Waals surface area contributed by atoms with E-state index in [4.69, 9.17) is 4.74 Å². The van der Waals surface area contributed by atoms with Crippen LogP contribution in [-0.4, -0.2) is 48.9 Å². The van der Waals surface area contributed by atoms with Crippen LogP contribution in [0.15, 0.2) is 24.3 Å². The Bertz CT molecular complexity index is 608. The van der Waals surface area contributed by atoms with Gasteiger partial charge in [0, 0.05) is 18.7 Å². The second-order valence-electron chi connectivity index (χ2n) is 6.93. The minimum Gasteiger partial charge on any atom is -0.481 e. The van der Waals surface area contributed by atoms with E-state index in [9.17, 15) is 9.59 Å². The van der Waals surface area contributed by atoms with Gasteiger partial charge in [0.05, 0.1) is 0 Å². The van der Waals surface area contributed by atoms with Gasteiger partial charge in [-0.25, -0.2) is 0 Å². The zero-order valence-corrected chi connectivity index (χ0v) is 15.7. The highest BCUT2D eigenvalue weighted by Gasteiger charge is 2.32. The molecule has 2 saturated heterocycles. The molecule has 0 bridgehead atoms. The Kier molecular flexibility index (Phi) is 6.85. The first kappa shape index (κ1) is 19.7. The van der Waals surface area contributed by atoms with Crippen LogP contribution in [0.5, 0.6) is 5.75 Å². The topological polar surface area (TPSA) is 58.6 Å². The highest BCUT2D eigenvalue weighted by Crippen LogP contribution is 2.27. The van der Waals surface area contributed by atoms with Gasteiger partial charge in [-0.1, -0.05) is 12.1 Å². The Morgan fingerprint density at radius 1 is 1.20 bits per heavy atom. The number of amides is 1. The summed E-state index contributed by atoms with van der Waals surface area (Å²) in [5.74, 6) is 2.00. The largest absolute Gasteiger partial charge is 0.481 e. The molecule has 3 rings (SSSR count). The molecule has 0 aliphatic carbocycles. The van der Waals surface area contributed by atoms with Crippen LogP contribution in [0, 0.1) is 11.8 Å². The van der Waals surface area contributed by atoms with Gasteiger partial charge in [0.2, 0.25) is 0 Å². The molecule has 1 N–H and O–H groups in total. The van der Waals surface area contributed by atoms with Gasteiger partial charge in [-0.3, -0.25) is 9.59 Å². The summed E-state index contributed by atoms with van der Waals surface area (Å²) < 4.78 is 5.80. The fourth-order valence-corrected chi connectivity index (χ4v) is 3.74. The second kappa shape index (κ2) is 8.68. The zero-order chi connectivity index (χ0) is 17.1. The van der Waals surface area contributed by atoms with Crippen LogP contribution < -0.4 is 10.1 Å². The third-order valence-corrected chi connectivity index (χ3v) is 5.23. The van der Waals surface area contributed by atoms with Gasteiger partial charge in [0.1, 0.15) is 5.75 Å². The van der Waals surface area contributed by atoms with E-state index in [1.54, 1.807) is 31.2 Å². The monoisotopic (exact) mass is 366 g/mol. The smallest absolute Gasteiger partial charge is 0.263 e. The van der Waals surface area contributed by atoms with E-state index in [1.807, 2.05) is 4.90 Å². The predicted molar refractivity (Wildman–Crippen MR) is 99.4 cm³/mol. The Morgan fingerprint density at radius 2 is 1.84 bits per heavy atom. The number of nitrogens with one attached hydrogen (secondary N) is 1. The van der Waals surface area contributed by atoms with Crippen LogP contribution in [0.3, 0.4) is 0 Å². The van der Waals surface area contributed by atoms with Crippen molar-refractivity contribution in [2.45, 2.75) is 32.8 Å². The highest BCUT2D eigenvalue weighted by molar-refractivity contribution is 5.94. The Balaban J connectivity index is 0.00000225. The first-order valence-electron chi connectivity index (χ1n) is 8.81. The van der Waals surface area contributed by atoms with E-state index < -0.39 is 6.10 Å². The fraction of sp³-hybridized carbons (Fsp3) is 0.579. The number of hydrogen-bond donors (Lipinski definition) is 1. The molecule has 5 nitrogen and oxygen atoms in total. The number of ether oxygens (including phenoxy) is 1. The summed E-state index contributed by atoms with van der Waals surface area (Å²) in [4.78, 5) is 26.1. The molecular formula is C19H27ClN2O3. The summed E-state index contributed by atoms with van der Waals surface area (Å²) in [5.41, 5.74) is 0.599. The number of ketones is 1. The number of fused-ring (bicyclic) bond motifs is 1. The lowest BCUT2D eigenvalue weighted by Gasteiger charge is -2.25. The minimum atomic E-state index is -0.539. The SMILES string of the molecule is CC(=O)c1cccc(OC(C)C(=O)N2CC[C@@H]3CNC[C@@H]3CC2)c1.Cl. The van der Waals surface area contributed by atoms with Crippen LogP contribution in [0.2, 0.25) is 0 Å². The van der Waals surface area contributed by atoms with E-state index in [0.717, 1.165) is 39.0 Å². The van der Waals surface area contributed by atoms with E-state index in [1.165, 1.54) is 6.92 Å². The third kappa shape index (κ3) is 4.73. The fourth-order valence-electron chi connectivity index (χ4n) is 3.74. The number of benzene rings is 1. The highest BCUT2D eigenvalue weighted by atomic mass is 35.5. The lowest BCUT2D eigenvalue weighted by Crippen LogP contribution is -2.41. The maximum absolute atomic E-state index is 12.7. The van der Waals surface area contributed by atoms with Gasteiger partial charge in [0.25, 0.3) is 5.91 Å². The Labute approximate surface area is 155 Å². The molecule has 3 atom stereocenters. The molecular weight excluding hydrogens is 340 g/mol. The Morgan fingerprint density at radius 3 is 2.44 bits per heavy atom. The number of rotatable bonds is 4. The molecule has 2 heterocycles. The molecule has 2 fully saturated rings. The number of likely N-dealkylation sites (tertiary alicyclic amines) is 1. The third-order valence-electron chi connectivity index (χ3n) is 5.23. The summed E-state index contributed by atoms with van der Waals surface area (Å²) in [6.45, 7) is 7.09. The summed E-state index contributed by atoms with van der Waals surface area (Å²) in [6.07, 6.45) is 1.59. The van der Waals surface area contributed by atoms with Gasteiger partial charge in [-0.2, -0.15) is 0 Å². The van der Waals surface area contributed by atoms with Crippen LogP contribution in [0.1, 0.15) is 37.0 Å². The van der Waals surface area contributed by atoms with Gasteiger partial charge in [0.15, 0.2) is 11.9 Å². The molecule has 0 saturated carbocycles. The van der Waals surface area contributed by atoms with E-state index in [0.29, 0.717) is 23.1 Å². The predicted octanol–water partition coefficient (Wildman–Crippen LogP) is 2.54. The lowest BCUT2D eigenvalue weighted by molar-refractivity contribution is -0.137. The van der Waals surface area contributed by atoms with Crippen molar-refractivity contribution in [1.29, 1.82) is 0 Å². The van der Waals surface area contributed by atoms with Gasteiger partial charge in [-0.15, -0.1) is 12.4 Å². The summed E-state index contributed by atoms with van der Waals surface area (Å²) >= 11 is 0. The van der Waals surface area contributed by atoms with Crippen molar-refractivity contribution in [1.82, 2.24) is 10.2 Å². The molecule has 0 radical (unpaired) electrons. The number of halogens is 1. The van der Waals surface area contributed by atoms with E-state index in [-0.39, 0.29) is 24.1 Å². The quantitative estimate of drug-likeness (QED) is 0.832. The minimum absolute atomic E-state index is 0. The molecule has 0 spiro atoms. The summed E-state index contributed by atoms with van der Waals surface area (Å²) in [7, 11) is 0. The molecule has 1 aromatic rings. The average Bonchev–Trinajstić information content (AvgIpc) is 2.93. The van der Waals surface area contributed by atoms with E-state index >= 15 is 0 Å². The van der Waals surface area contributed by atoms with Crippen molar-refractivity contribution in [2.24, 2.45) is 11.8 Å². The van der Waals surface area contributed by atoms with Crippen LogP contribution in [-0.2, 0) is 4.79 Å². The first-order chi connectivity index (χ1) is 11.5. The maximum Gasteiger partial charge on any atom is 0.263 e. The first-order valence-corrected chi connectivity index (χ1v) is 8.81. The normalized spacial score (nSPS) is 23.8. The molecule has 2 aliphatic rings. The Hall–Kier alpha value is -1.59. The molecule has 0 aromatic heterocycles. The van der Waals surface area contributed by atoms with Crippen molar-refractivity contribution in [3.63, 3.8) is 0 Å². The molecule has 2 aliphatic heterocycles. The molecule has 1 amide bonds. The van der Waals surface area contributed by atoms with Gasteiger partial charge in [-0.05, 0) is 63.7 Å². The van der Waals surface area contributed by atoms with Crippen molar-refractivity contribution in [3.8, 4) is 5.75 Å². The molecule has 1 unspecified atom stereocenters. The second-order valence-corrected chi connectivity index (χ2v) is 6.93. The number of nitrogens with zero attached hydrogens (tertiary/aromatic N) is 1. The van der Waals surface area contributed by atoms with Gasteiger partial charge < -0.3 is 15.0 Å². The van der Waals surface area contributed by atoms with Crippen molar-refractivity contribution in [3.05, 3.63) is 29.8 Å². The summed E-state index contributed by atoms with van der Waals surface area (Å²) in [5, 5.41) is 3.45. The van der Waals surface area contributed by atoms with Crippen molar-refractivity contribution in [2.75, 3.05) is 26.2 Å². The van der Waals surface area contributed by atoms with Crippen LogP contribution >= 0.6 is 12.4 Å².